The van der Waals surface area contributed by atoms with Crippen LogP contribution in [-0.4, -0.2) is 64.9 Å². The monoisotopic (exact) mass is 485 g/mol. The van der Waals surface area contributed by atoms with E-state index in [1.165, 1.54) is 50.8 Å². The van der Waals surface area contributed by atoms with E-state index in [0.717, 1.165) is 25.2 Å². The van der Waals surface area contributed by atoms with E-state index in [-0.39, 0.29) is 11.9 Å². The van der Waals surface area contributed by atoms with E-state index in [2.05, 4.69) is 45.0 Å². The van der Waals surface area contributed by atoms with Gasteiger partial charge in [-0.25, -0.2) is 0 Å². The number of carbonyl (C=O) groups is 1. The van der Waals surface area contributed by atoms with Gasteiger partial charge in [-0.3, -0.25) is 14.6 Å². The summed E-state index contributed by atoms with van der Waals surface area (Å²) < 4.78 is 0. The van der Waals surface area contributed by atoms with Gasteiger partial charge in [-0.1, -0.05) is 66.0 Å². The topological polar surface area (TPSA) is 26.8 Å². The van der Waals surface area contributed by atoms with Gasteiger partial charge in [-0.05, 0) is 62.0 Å². The van der Waals surface area contributed by atoms with Crippen molar-refractivity contribution in [2.75, 3.05) is 26.2 Å². The van der Waals surface area contributed by atoms with E-state index in [0.29, 0.717) is 28.5 Å². The van der Waals surface area contributed by atoms with E-state index in [9.17, 15) is 4.79 Å². The number of piperazine rings is 1. The predicted octanol–water partition coefficient (Wildman–Crippen LogP) is 5.27. The third-order valence-electron chi connectivity index (χ3n) is 7.74. The van der Waals surface area contributed by atoms with E-state index in [4.69, 9.17) is 23.2 Å². The molecule has 0 aromatic heterocycles. The summed E-state index contributed by atoms with van der Waals surface area (Å²) in [4.78, 5) is 21.2. The fourth-order valence-corrected chi connectivity index (χ4v) is 6.52. The van der Waals surface area contributed by atoms with Crippen molar-refractivity contribution in [2.24, 2.45) is 0 Å². The number of rotatable bonds is 5. The molecule has 2 saturated heterocycles. The van der Waals surface area contributed by atoms with Gasteiger partial charge < -0.3 is 4.90 Å². The molecule has 6 heteroatoms. The maximum absolute atomic E-state index is 13.7. The lowest BCUT2D eigenvalue weighted by atomic mass is 9.81. The van der Waals surface area contributed by atoms with Crippen molar-refractivity contribution in [1.29, 1.82) is 0 Å². The zero-order valence-corrected chi connectivity index (χ0v) is 20.6. The van der Waals surface area contributed by atoms with Crippen LogP contribution in [0.15, 0.2) is 48.5 Å². The number of carbonyl (C=O) groups excluding carboxylic acids is 1. The minimum absolute atomic E-state index is 0.217. The van der Waals surface area contributed by atoms with Crippen molar-refractivity contribution >= 4 is 29.1 Å². The van der Waals surface area contributed by atoms with Crippen LogP contribution in [0.3, 0.4) is 0 Å². The highest BCUT2D eigenvalue weighted by molar-refractivity contribution is 6.42. The average Bonchev–Trinajstić information content (AvgIpc) is 3.37. The zero-order chi connectivity index (χ0) is 22.8. The molecule has 2 aromatic rings. The molecule has 3 aliphatic rings. The second-order valence-corrected chi connectivity index (χ2v) is 10.6. The summed E-state index contributed by atoms with van der Waals surface area (Å²) in [5, 5.41) is 1.05. The third-order valence-corrected chi connectivity index (χ3v) is 8.48. The smallest absolute Gasteiger partial charge is 0.227 e. The lowest BCUT2D eigenvalue weighted by Gasteiger charge is -2.55. The molecule has 3 atom stereocenters. The molecule has 2 heterocycles. The lowest BCUT2D eigenvalue weighted by molar-refractivity contribution is -0.143. The van der Waals surface area contributed by atoms with Gasteiger partial charge in [-0.2, -0.15) is 0 Å². The minimum atomic E-state index is 0.217. The normalized spacial score (nSPS) is 26.4. The molecule has 0 N–H and O–H groups in total. The zero-order valence-electron chi connectivity index (χ0n) is 19.1. The van der Waals surface area contributed by atoms with E-state index in [1.807, 2.05) is 12.1 Å². The molecule has 4 nitrogen and oxygen atoms in total. The molecule has 0 unspecified atom stereocenters. The maximum atomic E-state index is 13.7. The Morgan fingerprint density at radius 1 is 0.818 bits per heavy atom. The number of nitrogens with zero attached hydrogens (tertiary/aromatic N) is 3. The first-order valence-electron chi connectivity index (χ1n) is 12.4. The Morgan fingerprint density at radius 3 is 2.33 bits per heavy atom. The SMILES string of the molecule is O=C(Cc1ccc(Cl)c(Cl)c1)N1CCN(Cc2ccccc2)[C@@H]2CCC[C@@H](N3CCCC3)[C@@H]21. The van der Waals surface area contributed by atoms with Gasteiger partial charge in [0.1, 0.15) is 0 Å². The molecule has 1 aliphatic carbocycles. The molecule has 2 aromatic carbocycles. The Morgan fingerprint density at radius 2 is 1.58 bits per heavy atom. The van der Waals surface area contributed by atoms with Crippen LogP contribution in [0.5, 0.6) is 0 Å². The van der Waals surface area contributed by atoms with Gasteiger partial charge in [0.05, 0.1) is 22.5 Å². The lowest BCUT2D eigenvalue weighted by Crippen LogP contribution is -2.68. The molecule has 3 fully saturated rings. The van der Waals surface area contributed by atoms with Crippen LogP contribution in [0.4, 0.5) is 0 Å². The van der Waals surface area contributed by atoms with Crippen molar-refractivity contribution < 1.29 is 4.79 Å². The molecule has 0 bridgehead atoms. The van der Waals surface area contributed by atoms with Crippen molar-refractivity contribution in [3.05, 3.63) is 69.7 Å². The summed E-state index contributed by atoms with van der Waals surface area (Å²) in [6, 6.07) is 17.4. The highest BCUT2D eigenvalue weighted by Gasteiger charge is 2.46. The molecule has 33 heavy (non-hydrogen) atoms. The molecule has 0 radical (unpaired) electrons. The fourth-order valence-electron chi connectivity index (χ4n) is 6.20. The highest BCUT2D eigenvalue weighted by Crippen LogP contribution is 2.36. The Bertz CT molecular complexity index is 963. The summed E-state index contributed by atoms with van der Waals surface area (Å²) in [5.41, 5.74) is 2.29. The second-order valence-electron chi connectivity index (χ2n) is 9.77. The summed E-state index contributed by atoms with van der Waals surface area (Å²) >= 11 is 12.3. The Kier molecular flexibility index (Phi) is 7.27. The van der Waals surface area contributed by atoms with Crippen molar-refractivity contribution in [2.45, 2.75) is 63.2 Å². The second kappa shape index (κ2) is 10.4. The third kappa shape index (κ3) is 5.09. The largest absolute Gasteiger partial charge is 0.335 e. The van der Waals surface area contributed by atoms with Crippen LogP contribution in [0.2, 0.25) is 10.0 Å². The summed E-state index contributed by atoms with van der Waals surface area (Å²) in [6.45, 7) is 5.01. The summed E-state index contributed by atoms with van der Waals surface area (Å²) in [5.74, 6) is 0.217. The quantitative estimate of drug-likeness (QED) is 0.577. The Balaban J connectivity index is 1.39. The molecule has 1 saturated carbocycles. The van der Waals surface area contributed by atoms with Crippen LogP contribution in [0, 0.1) is 0 Å². The van der Waals surface area contributed by atoms with E-state index in [1.54, 1.807) is 6.07 Å². The number of benzene rings is 2. The van der Waals surface area contributed by atoms with Crippen LogP contribution < -0.4 is 0 Å². The van der Waals surface area contributed by atoms with Crippen LogP contribution >= 0.6 is 23.2 Å². The minimum Gasteiger partial charge on any atom is -0.335 e. The van der Waals surface area contributed by atoms with Gasteiger partial charge in [0.25, 0.3) is 0 Å². The summed E-state index contributed by atoms with van der Waals surface area (Å²) in [6.07, 6.45) is 6.53. The van der Waals surface area contributed by atoms with Gasteiger partial charge in [0.15, 0.2) is 0 Å². The van der Waals surface area contributed by atoms with Crippen molar-refractivity contribution in [3.63, 3.8) is 0 Å². The van der Waals surface area contributed by atoms with Crippen LogP contribution in [-0.2, 0) is 17.8 Å². The van der Waals surface area contributed by atoms with Gasteiger partial charge >= 0.3 is 0 Å². The maximum Gasteiger partial charge on any atom is 0.227 e. The Hall–Kier alpha value is -1.59. The van der Waals surface area contributed by atoms with Gasteiger partial charge in [0.2, 0.25) is 5.91 Å². The Labute approximate surface area is 207 Å². The number of hydrogen-bond donors (Lipinski definition) is 0. The first-order valence-corrected chi connectivity index (χ1v) is 13.1. The molecular weight excluding hydrogens is 453 g/mol. The van der Waals surface area contributed by atoms with E-state index < -0.39 is 0 Å². The molecule has 0 spiro atoms. The predicted molar refractivity (Wildman–Crippen MR) is 135 cm³/mol. The molecule has 2 aliphatic heterocycles. The van der Waals surface area contributed by atoms with Crippen molar-refractivity contribution in [3.8, 4) is 0 Å². The van der Waals surface area contributed by atoms with Crippen LogP contribution in [0.1, 0.15) is 43.2 Å². The first kappa shape index (κ1) is 23.2. The van der Waals surface area contributed by atoms with E-state index >= 15 is 0 Å². The standard InChI is InChI=1S/C27H33Cl2N3O/c28-22-12-11-21(17-23(22)29)18-26(33)32-16-15-31(19-20-7-2-1-3-8-20)25-10-6-9-24(27(25)32)30-13-4-5-14-30/h1-3,7-8,11-12,17,24-25,27H,4-6,9-10,13-16,18-19H2/t24-,25-,27+/m1/s1. The summed E-state index contributed by atoms with van der Waals surface area (Å²) in [7, 11) is 0. The number of amides is 1. The number of likely N-dealkylation sites (tertiary alicyclic amines) is 1. The number of hydrogen-bond acceptors (Lipinski definition) is 3. The molecule has 1 amide bonds. The highest BCUT2D eigenvalue weighted by atomic mass is 35.5. The number of halogens is 2. The molecular formula is C27H33Cl2N3O. The van der Waals surface area contributed by atoms with Crippen molar-refractivity contribution in [1.82, 2.24) is 14.7 Å². The molecule has 5 rings (SSSR count). The first-order chi connectivity index (χ1) is 16.1. The number of fused-ring (bicyclic) bond motifs is 1. The average molecular weight is 486 g/mol. The molecule has 176 valence electrons. The van der Waals surface area contributed by atoms with Gasteiger partial charge in [-0.15, -0.1) is 0 Å². The fraction of sp³-hybridized carbons (Fsp3) is 0.519. The van der Waals surface area contributed by atoms with Crippen LogP contribution in [0.25, 0.3) is 0 Å². The van der Waals surface area contributed by atoms with Gasteiger partial charge in [0, 0.05) is 31.7 Å².